The monoisotopic (exact) mass is 325 g/mol. The second-order valence-corrected chi connectivity index (χ2v) is 5.35. The summed E-state index contributed by atoms with van der Waals surface area (Å²) in [4.78, 5) is 5.22. The van der Waals surface area contributed by atoms with Crippen molar-refractivity contribution in [1.82, 2.24) is 10.1 Å². The second kappa shape index (κ2) is 4.68. The lowest BCUT2D eigenvalue weighted by Gasteiger charge is -1.87. The molecule has 3 aromatic rings. The molecule has 5 nitrogen and oxygen atoms in total. The Hall–Kier alpha value is -1.44. The smallest absolute Gasteiger partial charge is 0.293 e. The molecule has 3 aromatic heterocycles. The lowest BCUT2D eigenvalue weighted by atomic mass is 10.4. The van der Waals surface area contributed by atoms with E-state index in [-0.39, 0.29) is 0 Å². The standard InChI is InChI=1S/C11H8BrN3O2S/c12-6-3-9(18-5-6)10-14-11(17-15-10)8-2-1-7(4-13)16-8/h1-3,5H,4,13H2. The van der Waals surface area contributed by atoms with Gasteiger partial charge in [0.05, 0.1) is 11.4 Å². The summed E-state index contributed by atoms with van der Waals surface area (Å²) in [6, 6.07) is 5.50. The maximum absolute atomic E-state index is 5.48. The Bertz CT molecular complexity index is 673. The van der Waals surface area contributed by atoms with E-state index in [1.807, 2.05) is 11.4 Å². The first-order chi connectivity index (χ1) is 8.76. The molecule has 0 aliphatic carbocycles. The lowest BCUT2D eigenvalue weighted by molar-refractivity contribution is 0.412. The van der Waals surface area contributed by atoms with Gasteiger partial charge in [0.25, 0.3) is 5.89 Å². The van der Waals surface area contributed by atoms with Crippen LogP contribution < -0.4 is 5.73 Å². The molecule has 18 heavy (non-hydrogen) atoms. The molecule has 0 spiro atoms. The van der Waals surface area contributed by atoms with E-state index in [1.165, 1.54) is 11.3 Å². The van der Waals surface area contributed by atoms with Gasteiger partial charge in [-0.25, -0.2) is 0 Å². The highest BCUT2D eigenvalue weighted by molar-refractivity contribution is 9.10. The number of hydrogen-bond donors (Lipinski definition) is 1. The predicted molar refractivity (Wildman–Crippen MR) is 70.9 cm³/mol. The fourth-order valence-corrected chi connectivity index (χ4v) is 2.81. The Labute approximate surface area is 115 Å². The van der Waals surface area contributed by atoms with Crippen molar-refractivity contribution in [1.29, 1.82) is 0 Å². The number of nitrogens with two attached hydrogens (primary N) is 1. The van der Waals surface area contributed by atoms with Crippen LogP contribution in [0.1, 0.15) is 5.76 Å². The third-order valence-electron chi connectivity index (χ3n) is 2.29. The van der Waals surface area contributed by atoms with E-state index >= 15 is 0 Å². The lowest BCUT2D eigenvalue weighted by Crippen LogP contribution is -1.92. The van der Waals surface area contributed by atoms with Gasteiger partial charge in [-0.15, -0.1) is 11.3 Å². The Morgan fingerprint density at radius 1 is 1.39 bits per heavy atom. The number of halogens is 1. The quantitative estimate of drug-likeness (QED) is 0.799. The van der Waals surface area contributed by atoms with E-state index in [1.54, 1.807) is 12.1 Å². The van der Waals surface area contributed by atoms with Crippen LogP contribution >= 0.6 is 27.3 Å². The van der Waals surface area contributed by atoms with E-state index in [0.29, 0.717) is 29.8 Å². The summed E-state index contributed by atoms with van der Waals surface area (Å²) >= 11 is 4.92. The van der Waals surface area contributed by atoms with Crippen molar-refractivity contribution < 1.29 is 8.94 Å². The van der Waals surface area contributed by atoms with Crippen LogP contribution in [0.4, 0.5) is 0 Å². The van der Waals surface area contributed by atoms with Crippen molar-refractivity contribution >= 4 is 27.3 Å². The average Bonchev–Trinajstić information content (AvgIpc) is 3.07. The third kappa shape index (κ3) is 2.12. The number of furan rings is 1. The Morgan fingerprint density at radius 2 is 2.28 bits per heavy atom. The number of hydrogen-bond acceptors (Lipinski definition) is 6. The van der Waals surface area contributed by atoms with Crippen LogP contribution in [-0.4, -0.2) is 10.1 Å². The second-order valence-electron chi connectivity index (χ2n) is 3.52. The molecule has 0 radical (unpaired) electrons. The average molecular weight is 326 g/mol. The molecular weight excluding hydrogens is 318 g/mol. The fraction of sp³-hybridized carbons (Fsp3) is 0.0909. The van der Waals surface area contributed by atoms with E-state index in [0.717, 1.165) is 9.35 Å². The summed E-state index contributed by atoms with van der Waals surface area (Å²) in [5, 5.41) is 5.89. The molecule has 0 unspecified atom stereocenters. The maximum atomic E-state index is 5.48. The summed E-state index contributed by atoms with van der Waals surface area (Å²) in [6.07, 6.45) is 0. The predicted octanol–water partition coefficient (Wildman–Crippen LogP) is 3.28. The molecule has 0 aliphatic rings. The Morgan fingerprint density at radius 3 is 2.94 bits per heavy atom. The normalized spacial score (nSPS) is 11.0. The Kier molecular flexibility index (Phi) is 3.02. The van der Waals surface area contributed by atoms with E-state index in [9.17, 15) is 0 Å². The Balaban J connectivity index is 1.93. The number of rotatable bonds is 3. The van der Waals surface area contributed by atoms with E-state index < -0.39 is 0 Å². The van der Waals surface area contributed by atoms with Crippen molar-refractivity contribution in [3.63, 3.8) is 0 Å². The molecule has 0 saturated heterocycles. The molecule has 0 aromatic carbocycles. The van der Waals surface area contributed by atoms with Crippen LogP contribution in [0.25, 0.3) is 22.4 Å². The molecule has 0 fully saturated rings. The van der Waals surface area contributed by atoms with Crippen molar-refractivity contribution in [3.05, 3.63) is 33.8 Å². The van der Waals surface area contributed by atoms with Gasteiger partial charge in [0.2, 0.25) is 5.82 Å². The van der Waals surface area contributed by atoms with Crippen molar-refractivity contribution in [2.45, 2.75) is 6.54 Å². The fourth-order valence-electron chi connectivity index (χ4n) is 1.46. The zero-order valence-electron chi connectivity index (χ0n) is 9.09. The van der Waals surface area contributed by atoms with Crippen LogP contribution in [0.5, 0.6) is 0 Å². The van der Waals surface area contributed by atoms with Gasteiger partial charge in [-0.3, -0.25) is 0 Å². The zero-order valence-corrected chi connectivity index (χ0v) is 11.5. The minimum Gasteiger partial charge on any atom is -0.455 e. The number of thiophene rings is 1. The summed E-state index contributed by atoms with van der Waals surface area (Å²) in [5.74, 6) is 2.12. The molecule has 92 valence electrons. The van der Waals surface area contributed by atoms with Crippen LogP contribution in [0, 0.1) is 0 Å². The highest BCUT2D eigenvalue weighted by Crippen LogP contribution is 2.29. The van der Waals surface area contributed by atoms with Crippen molar-refractivity contribution in [2.24, 2.45) is 5.73 Å². The maximum Gasteiger partial charge on any atom is 0.293 e. The first kappa shape index (κ1) is 11.6. The molecule has 0 aliphatic heterocycles. The first-order valence-corrected chi connectivity index (χ1v) is 6.81. The van der Waals surface area contributed by atoms with E-state index in [2.05, 4.69) is 26.1 Å². The molecule has 0 bridgehead atoms. The molecular formula is C11H8BrN3O2S. The minimum absolute atomic E-state index is 0.346. The summed E-state index contributed by atoms with van der Waals surface area (Å²) in [6.45, 7) is 0.346. The highest BCUT2D eigenvalue weighted by Gasteiger charge is 2.14. The summed E-state index contributed by atoms with van der Waals surface area (Å²) in [7, 11) is 0. The summed E-state index contributed by atoms with van der Waals surface area (Å²) < 4.78 is 11.6. The van der Waals surface area contributed by atoms with Gasteiger partial charge >= 0.3 is 0 Å². The van der Waals surface area contributed by atoms with Gasteiger partial charge in [-0.2, -0.15) is 4.98 Å². The molecule has 3 rings (SSSR count). The van der Waals surface area contributed by atoms with Gasteiger partial charge in [-0.1, -0.05) is 5.16 Å². The van der Waals surface area contributed by atoms with Gasteiger partial charge < -0.3 is 14.7 Å². The highest BCUT2D eigenvalue weighted by atomic mass is 79.9. The van der Waals surface area contributed by atoms with Crippen LogP contribution in [0.2, 0.25) is 0 Å². The summed E-state index contributed by atoms with van der Waals surface area (Å²) in [5.41, 5.74) is 5.48. The SMILES string of the molecule is NCc1ccc(-c2nc(-c3cc(Br)cs3)no2)o1. The minimum atomic E-state index is 0.346. The van der Waals surface area contributed by atoms with Gasteiger partial charge in [0.15, 0.2) is 5.76 Å². The van der Waals surface area contributed by atoms with Gasteiger partial charge in [0, 0.05) is 9.85 Å². The zero-order chi connectivity index (χ0) is 12.5. The first-order valence-electron chi connectivity index (χ1n) is 5.13. The molecule has 3 heterocycles. The van der Waals surface area contributed by atoms with Crippen molar-refractivity contribution in [2.75, 3.05) is 0 Å². The van der Waals surface area contributed by atoms with Crippen LogP contribution in [0.3, 0.4) is 0 Å². The molecule has 0 amide bonds. The van der Waals surface area contributed by atoms with E-state index in [4.69, 9.17) is 14.7 Å². The van der Waals surface area contributed by atoms with Crippen LogP contribution in [-0.2, 0) is 6.54 Å². The van der Waals surface area contributed by atoms with Crippen LogP contribution in [0.15, 0.2) is 37.0 Å². The largest absolute Gasteiger partial charge is 0.455 e. The topological polar surface area (TPSA) is 78.1 Å². The number of aromatic nitrogens is 2. The molecule has 2 N–H and O–H groups in total. The molecule has 0 saturated carbocycles. The van der Waals surface area contributed by atoms with Gasteiger partial charge in [0.1, 0.15) is 5.76 Å². The molecule has 7 heteroatoms. The molecule has 0 atom stereocenters. The van der Waals surface area contributed by atoms with Crippen molar-refractivity contribution in [3.8, 4) is 22.4 Å². The number of nitrogens with zero attached hydrogens (tertiary/aromatic N) is 2. The third-order valence-corrected chi connectivity index (χ3v) is 3.97. The van der Waals surface area contributed by atoms with Gasteiger partial charge in [-0.05, 0) is 34.1 Å².